The molecule has 1 aliphatic carbocycles. The summed E-state index contributed by atoms with van der Waals surface area (Å²) in [5, 5.41) is 11.3. The topological polar surface area (TPSA) is 92.5 Å². The summed E-state index contributed by atoms with van der Waals surface area (Å²) >= 11 is 0. The van der Waals surface area contributed by atoms with Crippen LogP contribution in [0.1, 0.15) is 33.1 Å². The van der Waals surface area contributed by atoms with Crippen LogP contribution in [0.5, 0.6) is 0 Å². The molecule has 4 N–H and O–H groups in total. The molecule has 0 amide bonds. The van der Waals surface area contributed by atoms with Crippen molar-refractivity contribution < 1.29 is 0 Å². The first kappa shape index (κ1) is 12.2. The summed E-state index contributed by atoms with van der Waals surface area (Å²) in [5.41, 5.74) is 6.42. The van der Waals surface area contributed by atoms with Crippen molar-refractivity contribution >= 4 is 22.8 Å². The summed E-state index contributed by atoms with van der Waals surface area (Å²) in [6.45, 7) is 4.62. The van der Waals surface area contributed by atoms with E-state index in [0.29, 0.717) is 17.6 Å². The summed E-state index contributed by atoms with van der Waals surface area (Å²) < 4.78 is 0. The van der Waals surface area contributed by atoms with Crippen LogP contribution in [-0.2, 0) is 0 Å². The Labute approximate surface area is 112 Å². The second-order valence-corrected chi connectivity index (χ2v) is 5.71. The van der Waals surface area contributed by atoms with Crippen molar-refractivity contribution in [3.63, 3.8) is 0 Å². The minimum Gasteiger partial charge on any atom is -0.368 e. The molecular formula is C13H20N6. The Morgan fingerprint density at radius 2 is 2.16 bits per heavy atom. The number of nitrogens with one attached hydrogen (secondary N) is 2. The van der Waals surface area contributed by atoms with Crippen molar-refractivity contribution in [1.29, 1.82) is 0 Å². The second kappa shape index (κ2) is 4.68. The third-order valence-corrected chi connectivity index (χ3v) is 4.08. The number of aromatic amines is 1. The molecule has 3 unspecified atom stereocenters. The van der Waals surface area contributed by atoms with E-state index in [1.807, 2.05) is 0 Å². The van der Waals surface area contributed by atoms with E-state index in [2.05, 4.69) is 39.3 Å². The van der Waals surface area contributed by atoms with Crippen molar-refractivity contribution in [2.45, 2.75) is 39.2 Å². The van der Waals surface area contributed by atoms with Crippen molar-refractivity contribution in [2.75, 3.05) is 11.1 Å². The Balaban J connectivity index is 1.86. The van der Waals surface area contributed by atoms with Crippen LogP contribution < -0.4 is 11.1 Å². The van der Waals surface area contributed by atoms with Gasteiger partial charge in [-0.1, -0.05) is 13.8 Å². The Kier molecular flexibility index (Phi) is 3.00. The van der Waals surface area contributed by atoms with E-state index in [4.69, 9.17) is 5.73 Å². The molecule has 2 aromatic rings. The fraction of sp³-hybridized carbons (Fsp3) is 0.615. The number of hydrogen-bond acceptors (Lipinski definition) is 5. The zero-order chi connectivity index (χ0) is 13.4. The quantitative estimate of drug-likeness (QED) is 0.769. The summed E-state index contributed by atoms with van der Waals surface area (Å²) in [6, 6.07) is 0.448. The molecule has 1 aliphatic rings. The second-order valence-electron chi connectivity index (χ2n) is 5.71. The van der Waals surface area contributed by atoms with E-state index >= 15 is 0 Å². The van der Waals surface area contributed by atoms with Gasteiger partial charge in [0.2, 0.25) is 5.95 Å². The number of nitrogen functional groups attached to an aromatic ring is 1. The van der Waals surface area contributed by atoms with Crippen molar-refractivity contribution in [1.82, 2.24) is 20.2 Å². The predicted octanol–water partition coefficient (Wildman–Crippen LogP) is 2.17. The van der Waals surface area contributed by atoms with E-state index in [-0.39, 0.29) is 5.95 Å². The molecule has 0 spiro atoms. The number of nitrogens with zero attached hydrogens (tertiary/aromatic N) is 3. The van der Waals surface area contributed by atoms with E-state index in [1.165, 1.54) is 19.3 Å². The number of rotatable bonds is 2. The van der Waals surface area contributed by atoms with E-state index in [0.717, 1.165) is 17.1 Å². The van der Waals surface area contributed by atoms with E-state index in [9.17, 15) is 0 Å². The molecule has 6 nitrogen and oxygen atoms in total. The average Bonchev–Trinajstić information content (AvgIpc) is 2.80. The van der Waals surface area contributed by atoms with Crippen LogP contribution in [0.25, 0.3) is 11.0 Å². The van der Waals surface area contributed by atoms with Gasteiger partial charge in [0.1, 0.15) is 5.82 Å². The number of anilines is 2. The van der Waals surface area contributed by atoms with Gasteiger partial charge >= 0.3 is 0 Å². The molecule has 0 bridgehead atoms. The molecule has 0 radical (unpaired) electrons. The Morgan fingerprint density at radius 1 is 1.32 bits per heavy atom. The molecule has 6 heteroatoms. The van der Waals surface area contributed by atoms with Crippen molar-refractivity contribution in [2.24, 2.45) is 11.8 Å². The highest BCUT2D eigenvalue weighted by atomic mass is 15.2. The van der Waals surface area contributed by atoms with Crippen LogP contribution in [0.3, 0.4) is 0 Å². The lowest BCUT2D eigenvalue weighted by atomic mass is 9.80. The third kappa shape index (κ3) is 2.34. The number of fused-ring (bicyclic) bond motifs is 1. The normalized spacial score (nSPS) is 27.6. The summed E-state index contributed by atoms with van der Waals surface area (Å²) in [6.07, 6.45) is 5.43. The van der Waals surface area contributed by atoms with Crippen molar-refractivity contribution in [3.05, 3.63) is 6.20 Å². The average molecular weight is 260 g/mol. The van der Waals surface area contributed by atoms with Crippen LogP contribution >= 0.6 is 0 Å². The maximum absolute atomic E-state index is 5.74. The fourth-order valence-corrected chi connectivity index (χ4v) is 3.02. The van der Waals surface area contributed by atoms with Gasteiger partial charge in [-0.2, -0.15) is 15.1 Å². The standard InChI is InChI=1S/C13H20N6/c1-7-3-4-10(8(2)5-7)16-11-9-6-15-19-12(9)18-13(14)17-11/h6-8,10H,3-5H2,1-2H3,(H4,14,15,16,17,18,19). The zero-order valence-electron chi connectivity index (χ0n) is 11.3. The molecule has 3 atom stereocenters. The lowest BCUT2D eigenvalue weighted by Crippen LogP contribution is -2.33. The molecule has 0 aliphatic heterocycles. The first-order chi connectivity index (χ1) is 9.13. The molecular weight excluding hydrogens is 240 g/mol. The number of nitrogens with two attached hydrogens (primary N) is 1. The number of H-pyrrole nitrogens is 1. The maximum atomic E-state index is 5.74. The van der Waals surface area contributed by atoms with Gasteiger partial charge in [0.15, 0.2) is 5.65 Å². The summed E-state index contributed by atoms with van der Waals surface area (Å²) in [4.78, 5) is 8.45. The zero-order valence-corrected chi connectivity index (χ0v) is 11.3. The maximum Gasteiger partial charge on any atom is 0.224 e. The highest BCUT2D eigenvalue weighted by Gasteiger charge is 2.26. The molecule has 19 heavy (non-hydrogen) atoms. The van der Waals surface area contributed by atoms with Crippen LogP contribution in [-0.4, -0.2) is 26.2 Å². The van der Waals surface area contributed by atoms with Gasteiger partial charge in [0.05, 0.1) is 11.6 Å². The van der Waals surface area contributed by atoms with Gasteiger partial charge < -0.3 is 11.1 Å². The summed E-state index contributed by atoms with van der Waals surface area (Å²) in [5.74, 6) is 2.53. The highest BCUT2D eigenvalue weighted by Crippen LogP contribution is 2.31. The van der Waals surface area contributed by atoms with Crippen LogP contribution in [0.15, 0.2) is 6.20 Å². The molecule has 102 valence electrons. The van der Waals surface area contributed by atoms with Gasteiger partial charge in [-0.15, -0.1) is 0 Å². The lowest BCUT2D eigenvalue weighted by Gasteiger charge is -2.33. The molecule has 2 heterocycles. The van der Waals surface area contributed by atoms with E-state index < -0.39 is 0 Å². The molecule has 0 saturated heterocycles. The number of aromatic nitrogens is 4. The Morgan fingerprint density at radius 3 is 2.95 bits per heavy atom. The number of hydrogen-bond donors (Lipinski definition) is 3. The Hall–Kier alpha value is -1.85. The van der Waals surface area contributed by atoms with Crippen LogP contribution in [0.2, 0.25) is 0 Å². The molecule has 1 fully saturated rings. The highest BCUT2D eigenvalue weighted by molar-refractivity contribution is 5.86. The monoisotopic (exact) mass is 260 g/mol. The third-order valence-electron chi connectivity index (χ3n) is 4.08. The van der Waals surface area contributed by atoms with E-state index in [1.54, 1.807) is 6.20 Å². The minimum atomic E-state index is 0.274. The molecule has 1 saturated carbocycles. The molecule has 2 aromatic heterocycles. The largest absolute Gasteiger partial charge is 0.368 e. The smallest absolute Gasteiger partial charge is 0.224 e. The van der Waals surface area contributed by atoms with Crippen LogP contribution in [0, 0.1) is 11.8 Å². The Bertz CT molecular complexity index is 578. The summed E-state index contributed by atoms with van der Waals surface area (Å²) in [7, 11) is 0. The lowest BCUT2D eigenvalue weighted by molar-refractivity contribution is 0.276. The molecule has 0 aromatic carbocycles. The van der Waals surface area contributed by atoms with Gasteiger partial charge in [-0.25, -0.2) is 0 Å². The SMILES string of the molecule is CC1CCC(Nc2nc(N)nc3[nH]ncc23)C(C)C1. The van der Waals surface area contributed by atoms with Gasteiger partial charge in [0, 0.05) is 6.04 Å². The first-order valence-corrected chi connectivity index (χ1v) is 6.86. The van der Waals surface area contributed by atoms with Gasteiger partial charge in [0.25, 0.3) is 0 Å². The van der Waals surface area contributed by atoms with Gasteiger partial charge in [-0.3, -0.25) is 5.10 Å². The predicted molar refractivity (Wildman–Crippen MR) is 75.7 cm³/mol. The van der Waals surface area contributed by atoms with Crippen LogP contribution in [0.4, 0.5) is 11.8 Å². The van der Waals surface area contributed by atoms with Gasteiger partial charge in [-0.05, 0) is 31.1 Å². The minimum absolute atomic E-state index is 0.274. The van der Waals surface area contributed by atoms with Crippen molar-refractivity contribution in [3.8, 4) is 0 Å². The fourth-order valence-electron chi connectivity index (χ4n) is 3.02. The first-order valence-electron chi connectivity index (χ1n) is 6.86. The molecule has 3 rings (SSSR count).